The third-order valence-electron chi connectivity index (χ3n) is 2.49. The predicted molar refractivity (Wildman–Crippen MR) is 74.4 cm³/mol. The summed E-state index contributed by atoms with van der Waals surface area (Å²) in [6.07, 6.45) is 1.55. The van der Waals surface area contributed by atoms with Gasteiger partial charge in [0.15, 0.2) is 0 Å². The normalized spacial score (nSPS) is 12.2. The van der Waals surface area contributed by atoms with Crippen molar-refractivity contribution in [1.82, 2.24) is 9.55 Å². The summed E-state index contributed by atoms with van der Waals surface area (Å²) in [7, 11) is 1.62. The molecule has 1 atom stereocenters. The first-order valence-electron chi connectivity index (χ1n) is 5.66. The lowest BCUT2D eigenvalue weighted by atomic mass is 10.3. The van der Waals surface area contributed by atoms with E-state index in [0.717, 1.165) is 0 Å². The van der Waals surface area contributed by atoms with Gasteiger partial charge in [-0.1, -0.05) is 0 Å². The van der Waals surface area contributed by atoms with Gasteiger partial charge >= 0.3 is 0 Å². The minimum absolute atomic E-state index is 0.133. The molecule has 2 rings (SSSR count). The minimum atomic E-state index is -0.318. The minimum Gasteiger partial charge on any atom is -0.322 e. The number of anilines is 1. The van der Waals surface area contributed by atoms with E-state index in [9.17, 15) is 9.59 Å². The van der Waals surface area contributed by atoms with Crippen molar-refractivity contribution >= 4 is 22.9 Å². The topological polar surface area (TPSA) is 90.0 Å². The molecule has 0 saturated carbocycles. The first-order valence-corrected chi connectivity index (χ1v) is 6.54. The van der Waals surface area contributed by atoms with E-state index in [1.807, 2.05) is 6.92 Å². The van der Waals surface area contributed by atoms with Gasteiger partial charge in [0.2, 0.25) is 5.56 Å². The molecule has 3 N–H and O–H groups in total. The molecule has 1 amide bonds. The molecule has 0 aliphatic rings. The molecule has 0 spiro atoms. The predicted octanol–water partition coefficient (Wildman–Crippen LogP) is 1.11. The Hall–Kier alpha value is -1.99. The van der Waals surface area contributed by atoms with Gasteiger partial charge in [0, 0.05) is 24.7 Å². The van der Waals surface area contributed by atoms with E-state index < -0.39 is 0 Å². The fourth-order valence-electron chi connectivity index (χ4n) is 1.46. The van der Waals surface area contributed by atoms with Gasteiger partial charge in [-0.15, -0.1) is 11.3 Å². The van der Waals surface area contributed by atoms with Crippen molar-refractivity contribution < 1.29 is 4.79 Å². The zero-order chi connectivity index (χ0) is 14.0. The molecule has 0 aliphatic carbocycles. The van der Waals surface area contributed by atoms with Crippen LogP contribution < -0.4 is 16.6 Å². The number of nitrogens with one attached hydrogen (secondary N) is 1. The number of nitrogens with zero attached hydrogens (tertiary/aromatic N) is 2. The van der Waals surface area contributed by atoms with Gasteiger partial charge in [0.05, 0.1) is 11.7 Å². The van der Waals surface area contributed by atoms with Crippen LogP contribution >= 0.6 is 11.3 Å². The van der Waals surface area contributed by atoms with Crippen molar-refractivity contribution in [2.75, 3.05) is 5.32 Å². The smallest absolute Gasteiger partial charge is 0.275 e. The van der Waals surface area contributed by atoms with E-state index in [0.29, 0.717) is 16.4 Å². The zero-order valence-corrected chi connectivity index (χ0v) is 11.4. The van der Waals surface area contributed by atoms with Gasteiger partial charge in [0.1, 0.15) is 10.7 Å². The summed E-state index contributed by atoms with van der Waals surface area (Å²) in [6.45, 7) is 1.81. The Kier molecular flexibility index (Phi) is 3.77. The van der Waals surface area contributed by atoms with Crippen molar-refractivity contribution in [2.24, 2.45) is 12.8 Å². The molecule has 2 aromatic heterocycles. The fourth-order valence-corrected chi connectivity index (χ4v) is 2.22. The van der Waals surface area contributed by atoms with Crippen LogP contribution in [0.2, 0.25) is 0 Å². The van der Waals surface area contributed by atoms with Crippen molar-refractivity contribution in [2.45, 2.75) is 13.0 Å². The molecule has 0 radical (unpaired) electrons. The fraction of sp³-hybridized carbons (Fsp3) is 0.250. The molecule has 0 fully saturated rings. The highest BCUT2D eigenvalue weighted by Gasteiger charge is 2.13. The standard InChI is InChI=1S/C12H14N4O2S/c1-7(13)12-15-9(6-19-12)11(18)14-8-3-4-10(17)16(2)5-8/h3-7H,13H2,1-2H3,(H,14,18). The quantitative estimate of drug-likeness (QED) is 0.880. The van der Waals surface area contributed by atoms with E-state index in [4.69, 9.17) is 5.73 Å². The number of aromatic nitrogens is 2. The molecule has 0 bridgehead atoms. The van der Waals surface area contributed by atoms with Crippen LogP contribution in [0.5, 0.6) is 0 Å². The van der Waals surface area contributed by atoms with E-state index >= 15 is 0 Å². The van der Waals surface area contributed by atoms with Gasteiger partial charge < -0.3 is 15.6 Å². The maximum Gasteiger partial charge on any atom is 0.275 e. The van der Waals surface area contributed by atoms with Gasteiger partial charge in [-0.25, -0.2) is 4.98 Å². The molecule has 0 saturated heterocycles. The lowest BCUT2D eigenvalue weighted by molar-refractivity contribution is 0.102. The number of thiazole rings is 1. The third kappa shape index (κ3) is 3.07. The Bertz CT molecular complexity index is 660. The van der Waals surface area contributed by atoms with Gasteiger partial charge in [-0.3, -0.25) is 9.59 Å². The molecule has 100 valence electrons. The highest BCUT2D eigenvalue weighted by atomic mass is 32.1. The van der Waals surface area contributed by atoms with Crippen LogP contribution in [0.1, 0.15) is 28.5 Å². The molecule has 0 aliphatic heterocycles. The summed E-state index contributed by atoms with van der Waals surface area (Å²) in [6, 6.07) is 2.76. The molecule has 6 nitrogen and oxygen atoms in total. The molecule has 0 aromatic carbocycles. The summed E-state index contributed by atoms with van der Waals surface area (Å²) < 4.78 is 1.39. The number of rotatable bonds is 3. The van der Waals surface area contributed by atoms with Crippen LogP contribution in [0.3, 0.4) is 0 Å². The van der Waals surface area contributed by atoms with Crippen LogP contribution in [-0.2, 0) is 7.05 Å². The Morgan fingerprint density at radius 2 is 2.26 bits per heavy atom. The van der Waals surface area contributed by atoms with Gasteiger partial charge in [-0.05, 0) is 13.0 Å². The van der Waals surface area contributed by atoms with Gasteiger partial charge in [-0.2, -0.15) is 0 Å². The largest absolute Gasteiger partial charge is 0.322 e. The molecule has 2 heterocycles. The second-order valence-corrected chi connectivity index (χ2v) is 5.07. The Morgan fingerprint density at radius 1 is 1.53 bits per heavy atom. The number of aryl methyl sites for hydroxylation is 1. The number of hydrogen-bond acceptors (Lipinski definition) is 5. The number of pyridine rings is 1. The first-order chi connectivity index (χ1) is 8.97. The highest BCUT2D eigenvalue weighted by Crippen LogP contribution is 2.16. The summed E-state index contributed by atoms with van der Waals surface area (Å²) in [5.74, 6) is -0.318. The van der Waals surface area contributed by atoms with Gasteiger partial charge in [0.25, 0.3) is 5.91 Å². The van der Waals surface area contributed by atoms with E-state index in [1.165, 1.54) is 22.0 Å². The Morgan fingerprint density at radius 3 is 2.84 bits per heavy atom. The van der Waals surface area contributed by atoms with E-state index in [2.05, 4.69) is 10.3 Å². The maximum atomic E-state index is 12.0. The van der Waals surface area contributed by atoms with Crippen LogP contribution in [-0.4, -0.2) is 15.5 Å². The molecular weight excluding hydrogens is 264 g/mol. The SMILES string of the molecule is CC(N)c1nc(C(=O)Nc2ccc(=O)n(C)c2)cs1. The summed E-state index contributed by atoms with van der Waals surface area (Å²) in [5.41, 5.74) is 6.43. The van der Waals surface area contributed by atoms with Crippen LogP contribution in [0.25, 0.3) is 0 Å². The molecule has 7 heteroatoms. The number of carbonyl (C=O) groups is 1. The number of nitrogens with two attached hydrogens (primary N) is 1. The second-order valence-electron chi connectivity index (χ2n) is 4.18. The van der Waals surface area contributed by atoms with E-state index in [-0.39, 0.29) is 17.5 Å². The van der Waals surface area contributed by atoms with Crippen molar-refractivity contribution in [3.63, 3.8) is 0 Å². The third-order valence-corrected chi connectivity index (χ3v) is 3.53. The number of hydrogen-bond donors (Lipinski definition) is 2. The lowest BCUT2D eigenvalue weighted by Crippen LogP contribution is -2.18. The van der Waals surface area contributed by atoms with Crippen molar-refractivity contribution in [1.29, 1.82) is 0 Å². The Balaban J connectivity index is 2.15. The zero-order valence-electron chi connectivity index (χ0n) is 10.6. The molecule has 2 aromatic rings. The second kappa shape index (κ2) is 5.33. The van der Waals surface area contributed by atoms with Crippen molar-refractivity contribution in [3.05, 3.63) is 44.8 Å². The summed E-state index contributed by atoms with van der Waals surface area (Å²) in [5, 5.41) is 5.06. The lowest BCUT2D eigenvalue weighted by Gasteiger charge is -2.04. The average molecular weight is 278 g/mol. The highest BCUT2D eigenvalue weighted by molar-refractivity contribution is 7.09. The monoisotopic (exact) mass is 278 g/mol. The molecule has 1 unspecified atom stereocenters. The van der Waals surface area contributed by atoms with E-state index in [1.54, 1.807) is 24.7 Å². The molecular formula is C12H14N4O2S. The first kappa shape index (κ1) is 13.4. The maximum absolute atomic E-state index is 12.0. The number of amides is 1. The van der Waals surface area contributed by atoms with Crippen LogP contribution in [0.4, 0.5) is 5.69 Å². The van der Waals surface area contributed by atoms with Crippen LogP contribution in [0.15, 0.2) is 28.5 Å². The Labute approximate surface area is 113 Å². The average Bonchev–Trinajstić information content (AvgIpc) is 2.83. The van der Waals surface area contributed by atoms with Crippen molar-refractivity contribution in [3.8, 4) is 0 Å². The van der Waals surface area contributed by atoms with Crippen LogP contribution in [0, 0.1) is 0 Å². The molecule has 19 heavy (non-hydrogen) atoms. The number of carbonyl (C=O) groups excluding carboxylic acids is 1. The summed E-state index contributed by atoms with van der Waals surface area (Å²) >= 11 is 1.35. The summed E-state index contributed by atoms with van der Waals surface area (Å²) in [4.78, 5) is 27.3.